The van der Waals surface area contributed by atoms with E-state index in [4.69, 9.17) is 4.74 Å². The smallest absolute Gasteiger partial charge is 0.429 e. The standard InChI is InChI=1S/C24H36N4O5/c1-5-6-7-10-19(16-27(32)17-29)22(30)26-28(23(31)33-24(2,3)4)14-13-18-15-25-21-12-9-8-11-20(18)21/h8-9,11-12,15,17,19,25,32H,5-7,10,13-14,16H2,1-4H3,(H,26,30). The van der Waals surface area contributed by atoms with E-state index in [1.165, 1.54) is 5.01 Å². The normalized spacial score (nSPS) is 12.3. The molecule has 9 nitrogen and oxygen atoms in total. The summed E-state index contributed by atoms with van der Waals surface area (Å²) in [6.45, 7) is 7.36. The Morgan fingerprint density at radius 2 is 1.97 bits per heavy atom. The molecule has 2 aromatic rings. The van der Waals surface area contributed by atoms with Crippen molar-refractivity contribution in [3.05, 3.63) is 36.0 Å². The minimum Gasteiger partial charge on any atom is -0.442 e. The number of aromatic nitrogens is 1. The molecule has 1 aromatic carbocycles. The first-order chi connectivity index (χ1) is 15.6. The van der Waals surface area contributed by atoms with E-state index >= 15 is 0 Å². The molecule has 0 aliphatic heterocycles. The zero-order valence-electron chi connectivity index (χ0n) is 20.0. The molecular formula is C24H36N4O5. The van der Waals surface area contributed by atoms with Crippen molar-refractivity contribution >= 4 is 29.3 Å². The highest BCUT2D eigenvalue weighted by Crippen LogP contribution is 2.19. The fraction of sp³-hybridized carbons (Fsp3) is 0.542. The number of fused-ring (bicyclic) bond motifs is 1. The summed E-state index contributed by atoms with van der Waals surface area (Å²) in [5.74, 6) is -1.11. The number of ether oxygens (including phenoxy) is 1. The molecule has 3 N–H and O–H groups in total. The molecular weight excluding hydrogens is 424 g/mol. The summed E-state index contributed by atoms with van der Waals surface area (Å²) in [5, 5.41) is 12.3. The highest BCUT2D eigenvalue weighted by Gasteiger charge is 2.27. The van der Waals surface area contributed by atoms with Gasteiger partial charge in [0.1, 0.15) is 5.60 Å². The fourth-order valence-electron chi connectivity index (χ4n) is 3.52. The van der Waals surface area contributed by atoms with Crippen LogP contribution in [0.3, 0.4) is 0 Å². The molecule has 1 aromatic heterocycles. The van der Waals surface area contributed by atoms with E-state index in [-0.39, 0.29) is 19.5 Å². The lowest BCUT2D eigenvalue weighted by Crippen LogP contribution is -2.52. The molecule has 33 heavy (non-hydrogen) atoms. The van der Waals surface area contributed by atoms with Crippen LogP contribution >= 0.6 is 0 Å². The van der Waals surface area contributed by atoms with Gasteiger partial charge in [-0.05, 0) is 45.2 Å². The van der Waals surface area contributed by atoms with E-state index in [0.29, 0.717) is 17.9 Å². The fourth-order valence-corrected chi connectivity index (χ4v) is 3.52. The maximum absolute atomic E-state index is 13.0. The van der Waals surface area contributed by atoms with Gasteiger partial charge >= 0.3 is 6.09 Å². The Labute approximate surface area is 195 Å². The van der Waals surface area contributed by atoms with Crippen molar-refractivity contribution in [1.82, 2.24) is 20.5 Å². The first-order valence-electron chi connectivity index (χ1n) is 11.4. The van der Waals surface area contributed by atoms with Crippen LogP contribution in [0.25, 0.3) is 10.9 Å². The molecule has 1 heterocycles. The average molecular weight is 461 g/mol. The number of nitrogens with one attached hydrogen (secondary N) is 2. The third-order valence-electron chi connectivity index (χ3n) is 5.19. The summed E-state index contributed by atoms with van der Waals surface area (Å²) in [7, 11) is 0. The molecule has 0 aliphatic rings. The van der Waals surface area contributed by atoms with Crippen molar-refractivity contribution in [3.63, 3.8) is 0 Å². The number of carbonyl (C=O) groups is 3. The van der Waals surface area contributed by atoms with Crippen molar-refractivity contribution in [1.29, 1.82) is 0 Å². The Hall–Kier alpha value is -3.07. The van der Waals surface area contributed by atoms with Gasteiger partial charge < -0.3 is 9.72 Å². The predicted octanol–water partition coefficient (Wildman–Crippen LogP) is 4.02. The largest absolute Gasteiger partial charge is 0.442 e. The number of H-pyrrole nitrogens is 1. The Morgan fingerprint density at radius 3 is 2.64 bits per heavy atom. The van der Waals surface area contributed by atoms with E-state index in [0.717, 1.165) is 35.7 Å². The lowest BCUT2D eigenvalue weighted by atomic mass is 10.0. The molecule has 0 spiro atoms. The summed E-state index contributed by atoms with van der Waals surface area (Å²) in [6.07, 6.45) is 5.12. The highest BCUT2D eigenvalue weighted by molar-refractivity contribution is 5.83. The number of hydrogen-bond acceptors (Lipinski definition) is 5. The van der Waals surface area contributed by atoms with Gasteiger partial charge in [-0.2, -0.15) is 0 Å². The monoisotopic (exact) mass is 460 g/mol. The van der Waals surface area contributed by atoms with Gasteiger partial charge in [-0.3, -0.25) is 20.2 Å². The Bertz CT molecular complexity index is 921. The molecule has 3 amide bonds. The third-order valence-corrected chi connectivity index (χ3v) is 5.19. The maximum Gasteiger partial charge on any atom is 0.429 e. The second kappa shape index (κ2) is 12.2. The van der Waals surface area contributed by atoms with Crippen molar-refractivity contribution in [2.75, 3.05) is 13.1 Å². The highest BCUT2D eigenvalue weighted by atomic mass is 16.6. The number of hydrogen-bond donors (Lipinski definition) is 3. The lowest BCUT2D eigenvalue weighted by Gasteiger charge is -2.29. The van der Waals surface area contributed by atoms with Crippen LogP contribution in [0.1, 0.15) is 58.9 Å². The number of carbonyl (C=O) groups excluding carboxylic acids is 3. The van der Waals surface area contributed by atoms with Crippen LogP contribution in [-0.2, 0) is 20.7 Å². The summed E-state index contributed by atoms with van der Waals surface area (Å²) in [6, 6.07) is 7.86. The lowest BCUT2D eigenvalue weighted by molar-refractivity contribution is -0.155. The molecule has 1 atom stereocenters. The topological polar surface area (TPSA) is 115 Å². The molecule has 2 rings (SSSR count). The molecule has 0 fully saturated rings. The number of benzene rings is 1. The Kier molecular flexibility index (Phi) is 9.72. The number of rotatable bonds is 11. The Balaban J connectivity index is 2.15. The van der Waals surface area contributed by atoms with Crippen molar-refractivity contribution in [3.8, 4) is 0 Å². The van der Waals surface area contributed by atoms with Gasteiger partial charge in [0.15, 0.2) is 0 Å². The van der Waals surface area contributed by atoms with Gasteiger partial charge in [0, 0.05) is 17.1 Å². The number of nitrogens with zero attached hydrogens (tertiary/aromatic N) is 2. The van der Waals surface area contributed by atoms with E-state index < -0.39 is 23.5 Å². The number of aromatic amines is 1. The van der Waals surface area contributed by atoms with Gasteiger partial charge in [0.2, 0.25) is 12.3 Å². The minimum atomic E-state index is -0.735. The molecule has 0 saturated carbocycles. The number of unbranched alkanes of at least 4 members (excludes halogenated alkanes) is 2. The van der Waals surface area contributed by atoms with Gasteiger partial charge in [-0.25, -0.2) is 14.9 Å². The van der Waals surface area contributed by atoms with Gasteiger partial charge in [0.25, 0.3) is 0 Å². The van der Waals surface area contributed by atoms with Crippen LogP contribution in [0, 0.1) is 5.92 Å². The number of hydroxylamine groups is 2. The summed E-state index contributed by atoms with van der Waals surface area (Å²) >= 11 is 0. The maximum atomic E-state index is 13.0. The Morgan fingerprint density at radius 1 is 1.24 bits per heavy atom. The molecule has 0 bridgehead atoms. The molecule has 0 saturated heterocycles. The number of amides is 3. The molecule has 0 radical (unpaired) electrons. The summed E-state index contributed by atoms with van der Waals surface area (Å²) in [4.78, 5) is 40.0. The van der Waals surface area contributed by atoms with Crippen LogP contribution in [0.15, 0.2) is 30.5 Å². The van der Waals surface area contributed by atoms with Crippen molar-refractivity contribution in [2.24, 2.45) is 5.92 Å². The molecule has 1 unspecified atom stereocenters. The summed E-state index contributed by atoms with van der Waals surface area (Å²) in [5.41, 5.74) is 3.93. The van der Waals surface area contributed by atoms with Gasteiger partial charge in [0.05, 0.1) is 19.0 Å². The van der Waals surface area contributed by atoms with E-state index in [2.05, 4.69) is 10.4 Å². The number of para-hydroxylation sites is 1. The molecule has 0 aliphatic carbocycles. The number of hydrazine groups is 1. The van der Waals surface area contributed by atoms with Crippen LogP contribution in [0.4, 0.5) is 4.79 Å². The zero-order chi connectivity index (χ0) is 24.4. The molecule has 9 heteroatoms. The van der Waals surface area contributed by atoms with Crippen molar-refractivity contribution < 1.29 is 24.3 Å². The molecule has 182 valence electrons. The van der Waals surface area contributed by atoms with Crippen LogP contribution in [0.2, 0.25) is 0 Å². The third kappa shape index (κ3) is 8.42. The van der Waals surface area contributed by atoms with Crippen LogP contribution in [0.5, 0.6) is 0 Å². The second-order valence-corrected chi connectivity index (χ2v) is 9.14. The first-order valence-corrected chi connectivity index (χ1v) is 11.4. The van der Waals surface area contributed by atoms with E-state index in [1.54, 1.807) is 20.8 Å². The zero-order valence-corrected chi connectivity index (χ0v) is 20.0. The quantitative estimate of drug-likeness (QED) is 0.203. The van der Waals surface area contributed by atoms with Crippen molar-refractivity contribution in [2.45, 2.75) is 65.4 Å². The van der Waals surface area contributed by atoms with E-state index in [1.807, 2.05) is 37.4 Å². The van der Waals surface area contributed by atoms with Gasteiger partial charge in [-0.1, -0.05) is 44.4 Å². The SMILES string of the molecule is CCCCCC(CN(O)C=O)C(=O)NN(CCc1c[nH]c2ccccc12)C(=O)OC(C)(C)C. The first kappa shape index (κ1) is 26.2. The van der Waals surface area contributed by atoms with Crippen LogP contribution < -0.4 is 5.43 Å². The average Bonchev–Trinajstić information content (AvgIpc) is 3.17. The van der Waals surface area contributed by atoms with Gasteiger partial charge in [-0.15, -0.1) is 0 Å². The second-order valence-electron chi connectivity index (χ2n) is 9.14. The van der Waals surface area contributed by atoms with E-state index in [9.17, 15) is 19.6 Å². The predicted molar refractivity (Wildman–Crippen MR) is 125 cm³/mol. The minimum absolute atomic E-state index is 0.149. The van der Waals surface area contributed by atoms with Crippen LogP contribution in [-0.4, -0.2) is 57.4 Å². The summed E-state index contributed by atoms with van der Waals surface area (Å²) < 4.78 is 5.49.